The van der Waals surface area contributed by atoms with Gasteiger partial charge < -0.3 is 19.6 Å². The summed E-state index contributed by atoms with van der Waals surface area (Å²) in [6.07, 6.45) is -4.72. The molecule has 0 unspecified atom stereocenters. The Kier molecular flexibility index (Phi) is 8.38. The molecular formula is C31H28ClF3N6O4S. The van der Waals surface area contributed by atoms with Crippen molar-refractivity contribution in [3.05, 3.63) is 73.9 Å². The zero-order chi connectivity index (χ0) is 32.9. The molecule has 4 aromatic heterocycles. The minimum absolute atomic E-state index is 0.0127. The van der Waals surface area contributed by atoms with E-state index in [0.717, 1.165) is 0 Å². The zero-order valence-electron chi connectivity index (χ0n) is 25.0. The van der Waals surface area contributed by atoms with Crippen LogP contribution in [0.25, 0.3) is 32.4 Å². The van der Waals surface area contributed by atoms with Gasteiger partial charge in [0, 0.05) is 53.4 Å². The van der Waals surface area contributed by atoms with E-state index in [1.165, 1.54) is 34.3 Å². The largest absolute Gasteiger partial charge is 0.491 e. The summed E-state index contributed by atoms with van der Waals surface area (Å²) in [7, 11) is 1.90. The first kappa shape index (κ1) is 31.7. The molecule has 240 valence electrons. The number of thiophene rings is 1. The van der Waals surface area contributed by atoms with Crippen molar-refractivity contribution in [1.82, 2.24) is 24.4 Å². The van der Waals surface area contributed by atoms with E-state index >= 15 is 0 Å². The molecule has 6 rings (SSSR count). The molecule has 1 aliphatic heterocycles. The number of halogens is 4. The first-order valence-corrected chi connectivity index (χ1v) is 15.6. The summed E-state index contributed by atoms with van der Waals surface area (Å²) in [4.78, 5) is 41.6. The molecule has 5 heterocycles. The van der Waals surface area contributed by atoms with Gasteiger partial charge in [0.15, 0.2) is 11.3 Å². The molecule has 0 aliphatic carbocycles. The quantitative estimate of drug-likeness (QED) is 0.226. The second-order valence-corrected chi connectivity index (χ2v) is 12.4. The van der Waals surface area contributed by atoms with Crippen molar-refractivity contribution in [1.29, 1.82) is 0 Å². The van der Waals surface area contributed by atoms with Gasteiger partial charge in [-0.3, -0.25) is 14.3 Å². The molecule has 0 spiro atoms. The Balaban J connectivity index is 1.33. The number of rotatable bonds is 7. The van der Waals surface area contributed by atoms with Gasteiger partial charge in [0.05, 0.1) is 33.4 Å². The number of fused-ring (bicyclic) bond motifs is 2. The summed E-state index contributed by atoms with van der Waals surface area (Å²) in [6.45, 7) is 5.24. The molecule has 1 N–H and O–H groups in total. The topological polar surface area (TPSA) is 114 Å². The third-order valence-electron chi connectivity index (χ3n) is 7.91. The van der Waals surface area contributed by atoms with Gasteiger partial charge in [0.1, 0.15) is 18.2 Å². The lowest BCUT2D eigenvalue weighted by atomic mass is 10.0. The predicted molar refractivity (Wildman–Crippen MR) is 171 cm³/mol. The normalized spacial score (nSPS) is 14.4. The van der Waals surface area contributed by atoms with Crippen LogP contribution in [0.4, 0.5) is 18.9 Å². The first-order valence-electron chi connectivity index (χ1n) is 14.3. The summed E-state index contributed by atoms with van der Waals surface area (Å²) < 4.78 is 50.4. The van der Waals surface area contributed by atoms with Crippen LogP contribution in [0.5, 0.6) is 5.75 Å². The van der Waals surface area contributed by atoms with E-state index in [1.807, 2.05) is 18.0 Å². The number of piperazine rings is 1. The number of carboxylic acids is 1. The smallest absolute Gasteiger partial charge is 0.435 e. The highest BCUT2D eigenvalue weighted by atomic mass is 35.5. The third kappa shape index (κ3) is 5.99. The van der Waals surface area contributed by atoms with Crippen molar-refractivity contribution in [2.24, 2.45) is 0 Å². The van der Waals surface area contributed by atoms with Crippen LogP contribution in [0.3, 0.4) is 0 Å². The van der Waals surface area contributed by atoms with Crippen LogP contribution in [-0.4, -0.2) is 75.3 Å². The Morgan fingerprint density at radius 2 is 1.80 bits per heavy atom. The molecule has 1 aromatic carbocycles. The van der Waals surface area contributed by atoms with Crippen molar-refractivity contribution < 1.29 is 27.8 Å². The molecule has 1 saturated heterocycles. The molecule has 0 radical (unpaired) electrons. The van der Waals surface area contributed by atoms with Gasteiger partial charge in [-0.2, -0.15) is 13.2 Å². The number of aromatic nitrogens is 4. The molecule has 0 amide bonds. The second kappa shape index (κ2) is 12.2. The Labute approximate surface area is 269 Å². The van der Waals surface area contributed by atoms with Crippen molar-refractivity contribution in [2.45, 2.75) is 26.6 Å². The van der Waals surface area contributed by atoms with Gasteiger partial charge in [0.25, 0.3) is 5.56 Å². The van der Waals surface area contributed by atoms with Crippen LogP contribution in [0.2, 0.25) is 5.02 Å². The number of anilines is 1. The monoisotopic (exact) mass is 672 g/mol. The van der Waals surface area contributed by atoms with Crippen LogP contribution in [0.1, 0.15) is 27.6 Å². The summed E-state index contributed by atoms with van der Waals surface area (Å²) in [6, 6.07) is 8.13. The van der Waals surface area contributed by atoms with Gasteiger partial charge in [0.2, 0.25) is 0 Å². The molecule has 0 bridgehead atoms. The Bertz CT molecular complexity index is 2060. The highest BCUT2D eigenvalue weighted by Crippen LogP contribution is 2.40. The van der Waals surface area contributed by atoms with Gasteiger partial charge in [-0.25, -0.2) is 14.8 Å². The minimum Gasteiger partial charge on any atom is -0.491 e. The predicted octanol–water partition coefficient (Wildman–Crippen LogP) is 5.89. The lowest BCUT2D eigenvalue weighted by Gasteiger charge is -2.35. The molecule has 0 atom stereocenters. The number of likely N-dealkylation sites (N-methyl/N-ethyl adjacent to an activating group) is 1. The summed E-state index contributed by atoms with van der Waals surface area (Å²) in [5.41, 5.74) is 0.393. The van der Waals surface area contributed by atoms with Gasteiger partial charge >= 0.3 is 12.1 Å². The highest BCUT2D eigenvalue weighted by molar-refractivity contribution is 7.18. The first-order chi connectivity index (χ1) is 21.8. The summed E-state index contributed by atoms with van der Waals surface area (Å²) >= 11 is 7.61. The Morgan fingerprint density at radius 1 is 1.07 bits per heavy atom. The van der Waals surface area contributed by atoms with E-state index in [0.29, 0.717) is 64.0 Å². The number of hydrogen-bond acceptors (Lipinski definition) is 9. The molecule has 1 fully saturated rings. The number of carboxylic acid groups (broad SMARTS) is 1. The molecular weight excluding hydrogens is 645 g/mol. The van der Waals surface area contributed by atoms with Crippen LogP contribution in [-0.2, 0) is 12.7 Å². The zero-order valence-corrected chi connectivity index (χ0v) is 26.6. The number of pyridine rings is 2. The molecule has 15 heteroatoms. The summed E-state index contributed by atoms with van der Waals surface area (Å²) in [5.74, 6) is -0.449. The van der Waals surface area contributed by atoms with E-state index < -0.39 is 23.4 Å². The second-order valence-electron chi connectivity index (χ2n) is 11.1. The number of benzene rings is 1. The maximum absolute atomic E-state index is 14.1. The van der Waals surface area contributed by atoms with Crippen molar-refractivity contribution >= 4 is 55.8 Å². The average molecular weight is 673 g/mol. The number of aryl methyl sites for hydroxylation is 2. The molecule has 5 aromatic rings. The number of nitrogens with zero attached hydrogens (tertiary/aromatic N) is 6. The Hall–Kier alpha value is -4.27. The van der Waals surface area contributed by atoms with Gasteiger partial charge in [-0.1, -0.05) is 11.6 Å². The van der Waals surface area contributed by atoms with Crippen molar-refractivity contribution in [2.75, 3.05) is 44.7 Å². The standard InChI is InChI=1S/C31H28ClF3N6O4S/c1-16-12-20(26-25(36-16)22(15-46-26)30(43)44)19-13-18(32)4-5-24(19)45-11-10-41-17(2)37-28-21(29(41)42)14-23(27(38-28)31(33,34)35)40-8-6-39(3)7-9-40/h4-5,12-15H,6-11H2,1-3H3,(H,43,44). The van der Waals surface area contributed by atoms with E-state index in [-0.39, 0.29) is 41.3 Å². The number of carbonyl (C=O) groups is 1. The number of hydrogen-bond donors (Lipinski definition) is 1. The fraction of sp³-hybridized carbons (Fsp3) is 0.323. The van der Waals surface area contributed by atoms with Crippen LogP contribution < -0.4 is 15.2 Å². The van der Waals surface area contributed by atoms with Gasteiger partial charge in [-0.15, -0.1) is 11.3 Å². The van der Waals surface area contributed by atoms with Crippen LogP contribution in [0, 0.1) is 13.8 Å². The number of alkyl halides is 3. The molecule has 10 nitrogen and oxygen atoms in total. The van der Waals surface area contributed by atoms with Crippen LogP contribution >= 0.6 is 22.9 Å². The van der Waals surface area contributed by atoms with E-state index in [9.17, 15) is 27.9 Å². The van der Waals surface area contributed by atoms with Crippen molar-refractivity contribution in [3.63, 3.8) is 0 Å². The molecule has 46 heavy (non-hydrogen) atoms. The van der Waals surface area contributed by atoms with E-state index in [4.69, 9.17) is 16.3 Å². The fourth-order valence-corrected chi connectivity index (χ4v) is 6.76. The highest BCUT2D eigenvalue weighted by Gasteiger charge is 2.38. The fourth-order valence-electron chi connectivity index (χ4n) is 5.58. The van der Waals surface area contributed by atoms with Gasteiger partial charge in [-0.05, 0) is 51.2 Å². The maximum Gasteiger partial charge on any atom is 0.435 e. The SMILES string of the molecule is Cc1cc(-c2cc(Cl)ccc2OCCn2c(C)nc3nc(C(F)(F)F)c(N4CCN(C)CC4)cc3c2=O)c2scc(C(=O)O)c2n1. The Morgan fingerprint density at radius 3 is 2.50 bits per heavy atom. The lowest BCUT2D eigenvalue weighted by molar-refractivity contribution is -0.140. The van der Waals surface area contributed by atoms with E-state index in [1.54, 1.807) is 30.0 Å². The number of aromatic carboxylic acids is 1. The van der Waals surface area contributed by atoms with Crippen LogP contribution in [0.15, 0.2) is 40.5 Å². The minimum atomic E-state index is -4.72. The molecule has 0 saturated carbocycles. The molecule has 1 aliphatic rings. The average Bonchev–Trinajstić information content (AvgIpc) is 3.42. The third-order valence-corrected chi connectivity index (χ3v) is 9.15. The summed E-state index contributed by atoms with van der Waals surface area (Å²) in [5, 5.41) is 11.6. The van der Waals surface area contributed by atoms with Crippen molar-refractivity contribution in [3.8, 4) is 16.9 Å². The maximum atomic E-state index is 14.1. The number of ether oxygens (including phenoxy) is 1. The van der Waals surface area contributed by atoms with E-state index in [2.05, 4.69) is 15.0 Å². The lowest BCUT2D eigenvalue weighted by Crippen LogP contribution is -2.45.